The van der Waals surface area contributed by atoms with Crippen LogP contribution in [-0.4, -0.2) is 11.8 Å². The maximum Gasteiger partial charge on any atom is 0.137 e. The molecule has 0 bridgehead atoms. The number of hydrogen-bond donors (Lipinski definition) is 0. The van der Waals surface area contributed by atoms with Gasteiger partial charge in [0.25, 0.3) is 0 Å². The molecule has 1 rings (SSSR count). The summed E-state index contributed by atoms with van der Waals surface area (Å²) in [5.74, 6) is 0. The van der Waals surface area contributed by atoms with E-state index in [0.717, 1.165) is 6.42 Å². The Labute approximate surface area is 56.3 Å². The van der Waals surface area contributed by atoms with Gasteiger partial charge in [0, 0.05) is 12.6 Å². The first kappa shape index (κ1) is 7.82. The van der Waals surface area contributed by atoms with Crippen LogP contribution in [0.4, 0.5) is 0 Å². The molecule has 0 aromatic heterocycles. The summed E-state index contributed by atoms with van der Waals surface area (Å²) < 4.78 is 0. The minimum absolute atomic E-state index is 0. The van der Waals surface area contributed by atoms with Crippen molar-refractivity contribution in [1.29, 1.82) is 0 Å². The molecular weight excluding hydrogens is 122 g/mol. The summed E-state index contributed by atoms with van der Waals surface area (Å²) in [4.78, 5) is 4.91. The van der Waals surface area contributed by atoms with Crippen LogP contribution < -0.4 is 0 Å². The van der Waals surface area contributed by atoms with Crippen molar-refractivity contribution < 1.29 is 4.84 Å². The maximum atomic E-state index is 4.91. The fourth-order valence-corrected chi connectivity index (χ4v) is 0.474. The zero-order valence-electron chi connectivity index (χ0n) is 5.14. The van der Waals surface area contributed by atoms with Crippen LogP contribution in [0, 0.1) is 0 Å². The summed E-state index contributed by atoms with van der Waals surface area (Å²) in [5.41, 5.74) is -0.0278. The van der Waals surface area contributed by atoms with Gasteiger partial charge < -0.3 is 4.84 Å². The highest BCUT2D eigenvalue weighted by molar-refractivity contribution is 7.59. The molecule has 0 atom stereocenters. The minimum atomic E-state index is -0.0278. The van der Waals surface area contributed by atoms with Crippen molar-refractivity contribution in [1.82, 2.24) is 0 Å². The van der Waals surface area contributed by atoms with Gasteiger partial charge in [-0.3, -0.25) is 0 Å². The van der Waals surface area contributed by atoms with Crippen molar-refractivity contribution in [2.24, 2.45) is 5.16 Å². The highest BCUT2D eigenvalue weighted by Gasteiger charge is 2.21. The van der Waals surface area contributed by atoms with Crippen molar-refractivity contribution in [3.05, 3.63) is 0 Å². The smallest absolute Gasteiger partial charge is 0.137 e. The Kier molecular flexibility index (Phi) is 2.34. The van der Waals surface area contributed by atoms with Crippen molar-refractivity contribution in [3.63, 3.8) is 0 Å². The highest BCUT2D eigenvalue weighted by atomic mass is 32.1. The summed E-state index contributed by atoms with van der Waals surface area (Å²) in [5, 5.41) is 3.61. The Morgan fingerprint density at radius 1 is 1.62 bits per heavy atom. The number of nitrogens with zero attached hydrogens (tertiary/aromatic N) is 1. The molecule has 0 radical (unpaired) electrons. The first-order chi connectivity index (χ1) is 3.21. The molecule has 48 valence electrons. The van der Waals surface area contributed by atoms with Crippen molar-refractivity contribution >= 4 is 19.7 Å². The van der Waals surface area contributed by atoms with Gasteiger partial charge in [0.2, 0.25) is 0 Å². The molecule has 0 unspecified atom stereocenters. The quantitative estimate of drug-likeness (QED) is 0.488. The largest absolute Gasteiger partial charge is 0.390 e. The fraction of sp³-hybridized carbons (Fsp3) is 0.800. The van der Waals surface area contributed by atoms with Gasteiger partial charge in [0.1, 0.15) is 5.60 Å². The van der Waals surface area contributed by atoms with Crippen LogP contribution in [0.2, 0.25) is 0 Å². The number of rotatable bonds is 0. The third-order valence-corrected chi connectivity index (χ3v) is 0.957. The first-order valence-corrected chi connectivity index (χ1v) is 2.41. The average Bonchev–Trinajstić information content (AvgIpc) is 1.84. The monoisotopic (exact) mass is 133 g/mol. The zero-order valence-corrected chi connectivity index (χ0v) is 6.14. The lowest BCUT2D eigenvalue weighted by Gasteiger charge is -2.12. The normalized spacial score (nSPS) is 21.8. The summed E-state index contributed by atoms with van der Waals surface area (Å²) in [6, 6.07) is 0. The highest BCUT2D eigenvalue weighted by Crippen LogP contribution is 2.17. The SMILES string of the molecule is CC1(C)CC=NO1.S. The van der Waals surface area contributed by atoms with Gasteiger partial charge in [-0.25, -0.2) is 0 Å². The van der Waals surface area contributed by atoms with Crippen LogP contribution in [0.3, 0.4) is 0 Å². The molecule has 0 saturated carbocycles. The van der Waals surface area contributed by atoms with E-state index in [1.54, 1.807) is 6.21 Å². The molecule has 3 heteroatoms. The van der Waals surface area contributed by atoms with Gasteiger partial charge in [0.05, 0.1) is 0 Å². The second kappa shape index (κ2) is 2.40. The maximum absolute atomic E-state index is 4.91. The standard InChI is InChI=1S/C5H9NO.H2S/c1-5(2)3-4-6-7-5;/h4H,3H2,1-2H3;1H2. The number of hydrogen-bond acceptors (Lipinski definition) is 2. The average molecular weight is 133 g/mol. The molecule has 0 spiro atoms. The zero-order chi connectivity index (χ0) is 5.33. The van der Waals surface area contributed by atoms with E-state index < -0.39 is 0 Å². The van der Waals surface area contributed by atoms with Crippen molar-refractivity contribution in [2.45, 2.75) is 25.9 Å². The lowest BCUT2D eigenvalue weighted by molar-refractivity contribution is 0.0123. The lowest BCUT2D eigenvalue weighted by atomic mass is 10.1. The van der Waals surface area contributed by atoms with Crippen molar-refractivity contribution in [3.8, 4) is 0 Å². The molecule has 0 N–H and O–H groups in total. The summed E-state index contributed by atoms with van der Waals surface area (Å²) >= 11 is 0. The minimum Gasteiger partial charge on any atom is -0.390 e. The Hall–Kier alpha value is -0.180. The molecule has 0 aromatic carbocycles. The van der Waals surface area contributed by atoms with E-state index in [2.05, 4.69) is 5.16 Å². The van der Waals surface area contributed by atoms with E-state index in [4.69, 9.17) is 4.84 Å². The predicted octanol–water partition coefficient (Wildman–Crippen LogP) is 1.28. The molecular formula is C5H11NOS. The number of oxime groups is 1. The summed E-state index contributed by atoms with van der Waals surface area (Å²) in [6.45, 7) is 4.03. The summed E-state index contributed by atoms with van der Waals surface area (Å²) in [7, 11) is 0. The molecule has 1 aliphatic rings. The van der Waals surface area contributed by atoms with E-state index in [0.29, 0.717) is 0 Å². The molecule has 0 aliphatic carbocycles. The molecule has 0 aromatic rings. The topological polar surface area (TPSA) is 21.6 Å². The van der Waals surface area contributed by atoms with Gasteiger partial charge in [-0.2, -0.15) is 13.5 Å². The molecule has 0 saturated heterocycles. The first-order valence-electron chi connectivity index (χ1n) is 2.41. The van der Waals surface area contributed by atoms with Crippen LogP contribution in [0.25, 0.3) is 0 Å². The van der Waals surface area contributed by atoms with Gasteiger partial charge in [-0.1, -0.05) is 5.16 Å². The Balaban J connectivity index is 0.000000490. The second-order valence-corrected chi connectivity index (χ2v) is 2.34. The third-order valence-electron chi connectivity index (χ3n) is 0.957. The van der Waals surface area contributed by atoms with Gasteiger partial charge in [-0.15, -0.1) is 0 Å². The van der Waals surface area contributed by atoms with Crippen LogP contribution in [0.5, 0.6) is 0 Å². The Morgan fingerprint density at radius 2 is 2.25 bits per heavy atom. The van der Waals surface area contributed by atoms with E-state index in [9.17, 15) is 0 Å². The predicted molar refractivity (Wildman–Crippen MR) is 38.7 cm³/mol. The summed E-state index contributed by atoms with van der Waals surface area (Å²) in [6.07, 6.45) is 2.73. The second-order valence-electron chi connectivity index (χ2n) is 2.34. The van der Waals surface area contributed by atoms with E-state index in [1.165, 1.54) is 0 Å². The van der Waals surface area contributed by atoms with E-state index >= 15 is 0 Å². The van der Waals surface area contributed by atoms with Crippen LogP contribution in [0.15, 0.2) is 5.16 Å². The Morgan fingerprint density at radius 3 is 2.38 bits per heavy atom. The van der Waals surface area contributed by atoms with Crippen LogP contribution >= 0.6 is 13.5 Å². The molecule has 1 aliphatic heterocycles. The molecule has 0 amide bonds. The Bertz CT molecular complexity index is 90.6. The molecule has 0 fully saturated rings. The van der Waals surface area contributed by atoms with Gasteiger partial charge in [-0.05, 0) is 13.8 Å². The van der Waals surface area contributed by atoms with E-state index in [1.807, 2.05) is 13.8 Å². The van der Waals surface area contributed by atoms with Crippen molar-refractivity contribution in [2.75, 3.05) is 0 Å². The molecule has 1 heterocycles. The molecule has 8 heavy (non-hydrogen) atoms. The van der Waals surface area contributed by atoms with Crippen LogP contribution in [-0.2, 0) is 4.84 Å². The lowest BCUT2D eigenvalue weighted by Crippen LogP contribution is -2.16. The van der Waals surface area contributed by atoms with E-state index in [-0.39, 0.29) is 19.1 Å². The molecule has 2 nitrogen and oxygen atoms in total. The van der Waals surface area contributed by atoms with Crippen LogP contribution in [0.1, 0.15) is 20.3 Å². The third kappa shape index (κ3) is 1.74. The fourth-order valence-electron chi connectivity index (χ4n) is 0.474. The van der Waals surface area contributed by atoms with Gasteiger partial charge in [0.15, 0.2) is 0 Å². The van der Waals surface area contributed by atoms with Gasteiger partial charge >= 0.3 is 0 Å².